The molecule has 0 spiro atoms. The molecular weight excluding hydrogens is 880 g/mol. The Labute approximate surface area is 395 Å². The summed E-state index contributed by atoms with van der Waals surface area (Å²) >= 11 is 12.6. The van der Waals surface area contributed by atoms with E-state index < -0.39 is 24.4 Å². The third-order valence-electron chi connectivity index (χ3n) is 13.3. The zero-order chi connectivity index (χ0) is 46.7. The van der Waals surface area contributed by atoms with Crippen LogP contribution in [0.25, 0.3) is 16.6 Å². The number of rotatable bonds is 10. The van der Waals surface area contributed by atoms with Crippen LogP contribution in [0, 0.1) is 11.8 Å². The van der Waals surface area contributed by atoms with Gasteiger partial charge in [-0.25, -0.2) is 9.03 Å². The van der Waals surface area contributed by atoms with Gasteiger partial charge in [-0.2, -0.15) is 9.97 Å². The predicted octanol–water partition coefficient (Wildman–Crippen LogP) is 8.15. The maximum atomic E-state index is 10.9. The Kier molecular flexibility index (Phi) is 13.0. The van der Waals surface area contributed by atoms with Crippen LogP contribution >= 0.6 is 23.2 Å². The topological polar surface area (TPSA) is 184 Å². The fourth-order valence-electron chi connectivity index (χ4n) is 9.93. The van der Waals surface area contributed by atoms with Crippen molar-refractivity contribution < 1.29 is 29.9 Å². The van der Waals surface area contributed by atoms with Crippen molar-refractivity contribution in [2.75, 3.05) is 23.8 Å². The number of aryl methyl sites for hydroxylation is 2. The summed E-state index contributed by atoms with van der Waals surface area (Å²) in [5.41, 5.74) is 8.29. The maximum Gasteiger partial charge on any atom is 0.243 e. The van der Waals surface area contributed by atoms with Gasteiger partial charge in [-0.15, -0.1) is 10.2 Å². The summed E-state index contributed by atoms with van der Waals surface area (Å²) < 4.78 is 15.2. The lowest BCUT2D eigenvalue weighted by molar-refractivity contribution is -0.0562. The molecule has 0 bridgehead atoms. The van der Waals surface area contributed by atoms with E-state index >= 15 is 0 Å². The number of hydrogen-bond donors (Lipinski definition) is 6. The number of nitrogens with zero attached hydrogens (tertiary/aromatic N) is 6. The van der Waals surface area contributed by atoms with Gasteiger partial charge in [0.1, 0.15) is 17.1 Å². The number of anilines is 2. The highest BCUT2D eigenvalue weighted by Crippen LogP contribution is 2.42. The number of fused-ring (bicyclic) bond motifs is 4. The first-order valence-corrected chi connectivity index (χ1v) is 23.7. The van der Waals surface area contributed by atoms with E-state index in [1.54, 1.807) is 9.03 Å². The summed E-state index contributed by atoms with van der Waals surface area (Å²) in [7, 11) is 0. The van der Waals surface area contributed by atoms with Crippen molar-refractivity contribution in [3.63, 3.8) is 0 Å². The molecule has 10 rings (SSSR count). The van der Waals surface area contributed by atoms with Crippen molar-refractivity contribution in [3.8, 4) is 0 Å². The molecule has 4 aliphatic rings. The SMILES string of the molecule is CC(C)(C)OC[C@H]1C=C(c2ccc3c(N[C@@H]4CCc5ccccc54)nc(Cl)nn23)[C@H](O)[C@@H]1O.CC(C)(C)OC[C@H]1C[C@@H](c2ccc3c(N[C@@H]4CCc5ccccc54)nc(Cl)nn23)[C@H](O)[C@@H]1O. The number of ether oxygens (including phenoxy) is 2. The van der Waals surface area contributed by atoms with E-state index in [1.165, 1.54) is 22.3 Å². The van der Waals surface area contributed by atoms with E-state index in [9.17, 15) is 20.4 Å². The van der Waals surface area contributed by atoms with Gasteiger partial charge in [-0.05, 0) is 143 Å². The summed E-state index contributed by atoms with van der Waals surface area (Å²) in [6.07, 6.45) is 2.75. The molecule has 4 heterocycles. The molecule has 4 aliphatic carbocycles. The van der Waals surface area contributed by atoms with E-state index in [2.05, 4.69) is 79.3 Å². The molecule has 4 aromatic heterocycles. The first-order valence-electron chi connectivity index (χ1n) is 22.9. The van der Waals surface area contributed by atoms with Crippen LogP contribution in [0.3, 0.4) is 0 Å². The van der Waals surface area contributed by atoms with Gasteiger partial charge in [-0.1, -0.05) is 54.6 Å². The molecule has 0 amide bonds. The van der Waals surface area contributed by atoms with Gasteiger partial charge in [0.2, 0.25) is 10.6 Å². The highest BCUT2D eigenvalue weighted by Gasteiger charge is 2.44. The summed E-state index contributed by atoms with van der Waals surface area (Å²) in [5, 5.41) is 59.1. The minimum absolute atomic E-state index is 0.106. The smallest absolute Gasteiger partial charge is 0.243 e. The Morgan fingerprint density at radius 2 is 1.18 bits per heavy atom. The Hall–Kier alpha value is -4.64. The molecule has 16 heteroatoms. The minimum atomic E-state index is -1.04. The Morgan fingerprint density at radius 1 is 0.652 bits per heavy atom. The molecule has 14 nitrogen and oxygen atoms in total. The zero-order valence-electron chi connectivity index (χ0n) is 38.2. The summed E-state index contributed by atoms with van der Waals surface area (Å²) in [4.78, 5) is 8.93. The van der Waals surface area contributed by atoms with Gasteiger partial charge in [0, 0.05) is 29.0 Å². The van der Waals surface area contributed by atoms with Crippen molar-refractivity contribution in [3.05, 3.63) is 123 Å². The van der Waals surface area contributed by atoms with Crippen LogP contribution in [0.4, 0.5) is 11.6 Å². The number of nitrogens with one attached hydrogen (secondary N) is 2. The summed E-state index contributed by atoms with van der Waals surface area (Å²) in [6.45, 7) is 12.6. The molecule has 0 radical (unpaired) electrons. The summed E-state index contributed by atoms with van der Waals surface area (Å²) in [6, 6.07) is 24.9. The fraction of sp³-hybridized carbons (Fsp3) is 0.480. The van der Waals surface area contributed by atoms with Gasteiger partial charge in [0.15, 0.2) is 11.6 Å². The van der Waals surface area contributed by atoms with E-state index in [-0.39, 0.29) is 51.6 Å². The van der Waals surface area contributed by atoms with Crippen LogP contribution in [0.1, 0.15) is 112 Å². The van der Waals surface area contributed by atoms with E-state index in [1.807, 2.05) is 71.9 Å². The van der Waals surface area contributed by atoms with E-state index in [0.29, 0.717) is 42.5 Å². The second-order valence-electron chi connectivity index (χ2n) is 20.1. The maximum absolute atomic E-state index is 10.9. The lowest BCUT2D eigenvalue weighted by Crippen LogP contribution is -2.32. The highest BCUT2D eigenvalue weighted by molar-refractivity contribution is 6.28. The number of aliphatic hydroxyl groups excluding tert-OH is 4. The molecule has 0 unspecified atom stereocenters. The number of halogens is 2. The van der Waals surface area contributed by atoms with Crippen LogP contribution < -0.4 is 10.6 Å². The van der Waals surface area contributed by atoms with Gasteiger partial charge >= 0.3 is 0 Å². The van der Waals surface area contributed by atoms with Gasteiger partial charge in [-0.3, -0.25) is 0 Å². The standard InChI is InChI=1S/C25H31ClN4O3.C25H29ClN4O3/c2*1-25(2,3)33-13-15-12-17(22(32)21(15)31)19-10-11-20-23(28-24(26)29-30(19)20)27-18-9-8-14-6-4-5-7-16(14)18/h4-7,10-11,15,17-18,21-22,31-32H,8-9,12-13H2,1-3H3,(H,27,28,29);4-7,10-12,15,18,21-22,31-32H,8-9,13H2,1-3H3,(H,27,28,29)/t15-,17+,18-,21-,22+;15-,18-,21-,22+/m11/s1. The number of hydrogen-bond acceptors (Lipinski definition) is 12. The summed E-state index contributed by atoms with van der Waals surface area (Å²) in [5.74, 6) is 0.569. The van der Waals surface area contributed by atoms with Crippen LogP contribution in [-0.4, -0.2) is 98.5 Å². The number of aromatic nitrogens is 6. The molecular formula is C50H60Cl2N8O6. The normalized spacial score (nSPS) is 26.1. The average molecular weight is 940 g/mol. The van der Waals surface area contributed by atoms with Gasteiger partial charge < -0.3 is 40.5 Å². The van der Waals surface area contributed by atoms with Crippen molar-refractivity contribution in [1.82, 2.24) is 29.2 Å². The Morgan fingerprint density at radius 3 is 1.77 bits per heavy atom. The van der Waals surface area contributed by atoms with Crippen LogP contribution in [-0.2, 0) is 22.3 Å². The highest BCUT2D eigenvalue weighted by atomic mass is 35.5. The molecule has 1 fully saturated rings. The van der Waals surface area contributed by atoms with Crippen molar-refractivity contribution in [2.24, 2.45) is 11.8 Å². The molecule has 66 heavy (non-hydrogen) atoms. The third-order valence-corrected chi connectivity index (χ3v) is 13.6. The molecule has 2 aromatic carbocycles. The van der Waals surface area contributed by atoms with Crippen LogP contribution in [0.15, 0.2) is 78.9 Å². The van der Waals surface area contributed by atoms with E-state index in [4.69, 9.17) is 32.7 Å². The van der Waals surface area contributed by atoms with Crippen molar-refractivity contribution >= 4 is 51.4 Å². The first-order chi connectivity index (χ1) is 31.4. The van der Waals surface area contributed by atoms with Gasteiger partial charge in [0.25, 0.3) is 0 Å². The van der Waals surface area contributed by atoms with Crippen molar-refractivity contribution in [2.45, 2.75) is 127 Å². The quantitative estimate of drug-likeness (QED) is 0.0777. The molecule has 1 saturated carbocycles. The molecule has 9 atom stereocenters. The van der Waals surface area contributed by atoms with E-state index in [0.717, 1.165) is 42.4 Å². The number of aliphatic hydroxyl groups is 4. The molecule has 0 aliphatic heterocycles. The van der Waals surface area contributed by atoms with Crippen molar-refractivity contribution in [1.29, 1.82) is 0 Å². The largest absolute Gasteiger partial charge is 0.390 e. The molecule has 6 N–H and O–H groups in total. The second kappa shape index (κ2) is 18.5. The lowest BCUT2D eigenvalue weighted by Gasteiger charge is -2.24. The van der Waals surface area contributed by atoms with Crippen LogP contribution in [0.5, 0.6) is 0 Å². The predicted molar refractivity (Wildman–Crippen MR) is 256 cm³/mol. The van der Waals surface area contributed by atoms with Gasteiger partial charge in [0.05, 0.1) is 60.5 Å². The Balaban J connectivity index is 0.000000166. The molecule has 350 valence electrons. The minimum Gasteiger partial charge on any atom is -0.390 e. The third kappa shape index (κ3) is 9.57. The molecule has 6 aromatic rings. The fourth-order valence-corrected chi connectivity index (χ4v) is 10.3. The average Bonchev–Trinajstić information content (AvgIpc) is 4.14. The number of benzene rings is 2. The second-order valence-corrected chi connectivity index (χ2v) is 20.7. The van der Waals surface area contributed by atoms with Crippen LogP contribution in [0.2, 0.25) is 10.6 Å². The molecule has 0 saturated heterocycles. The monoisotopic (exact) mass is 938 g/mol. The lowest BCUT2D eigenvalue weighted by atomic mass is 10.0. The first kappa shape index (κ1) is 46.5. The zero-order valence-corrected chi connectivity index (χ0v) is 39.7. The Bertz CT molecular complexity index is 2750.